The van der Waals surface area contributed by atoms with Gasteiger partial charge in [0.05, 0.1) is 0 Å². The third kappa shape index (κ3) is 14.2. The van der Waals surface area contributed by atoms with Gasteiger partial charge in [0, 0.05) is 18.2 Å². The van der Waals surface area contributed by atoms with Crippen LogP contribution in [0.15, 0.2) is 0 Å². The molecule has 0 bridgehead atoms. The average molecular weight is 319 g/mol. The molecule has 0 atom stereocenters. The fourth-order valence-electron chi connectivity index (χ4n) is 2.17. The van der Waals surface area contributed by atoms with Crippen LogP contribution in [0.25, 0.3) is 0 Å². The van der Waals surface area contributed by atoms with Gasteiger partial charge in [0.15, 0.2) is 0 Å². The molecule has 0 aliphatic carbocycles. The van der Waals surface area contributed by atoms with E-state index >= 15 is 0 Å². The van der Waals surface area contributed by atoms with Gasteiger partial charge in [-0.1, -0.05) is 74.2 Å². The van der Waals surface area contributed by atoms with Crippen LogP contribution in [0.2, 0.25) is 0 Å². The monoisotopic (exact) mass is 318 g/mol. The largest absolute Gasteiger partial charge is 0.300 e. The van der Waals surface area contributed by atoms with Crippen LogP contribution in [0.5, 0.6) is 0 Å². The first-order chi connectivity index (χ1) is 8.81. The SMILES string of the molecule is CCCCCC(=O)CCCCCCCCCCBr. The van der Waals surface area contributed by atoms with Crippen molar-refractivity contribution < 1.29 is 4.79 Å². The van der Waals surface area contributed by atoms with Gasteiger partial charge in [0.2, 0.25) is 0 Å². The molecule has 0 fully saturated rings. The smallest absolute Gasteiger partial charge is 0.132 e. The van der Waals surface area contributed by atoms with Crippen LogP contribution in [0, 0.1) is 0 Å². The fourth-order valence-corrected chi connectivity index (χ4v) is 2.57. The van der Waals surface area contributed by atoms with Crippen molar-refractivity contribution in [1.29, 1.82) is 0 Å². The Labute approximate surface area is 122 Å². The summed E-state index contributed by atoms with van der Waals surface area (Å²) in [6.45, 7) is 2.18. The number of rotatable bonds is 14. The van der Waals surface area contributed by atoms with Crippen LogP contribution in [-0.4, -0.2) is 11.1 Å². The summed E-state index contributed by atoms with van der Waals surface area (Å²) in [6, 6.07) is 0. The number of halogens is 1. The molecule has 108 valence electrons. The van der Waals surface area contributed by atoms with Gasteiger partial charge in [0.25, 0.3) is 0 Å². The Bertz CT molecular complexity index is 180. The quantitative estimate of drug-likeness (QED) is 0.282. The molecule has 0 aliphatic heterocycles. The second-order valence-electron chi connectivity index (χ2n) is 5.26. The molecule has 0 saturated carbocycles. The molecule has 0 unspecified atom stereocenters. The Hall–Kier alpha value is 0.150. The van der Waals surface area contributed by atoms with Crippen LogP contribution in [0.1, 0.15) is 90.4 Å². The van der Waals surface area contributed by atoms with Gasteiger partial charge < -0.3 is 0 Å². The lowest BCUT2D eigenvalue weighted by Gasteiger charge is -2.02. The maximum atomic E-state index is 11.5. The molecule has 18 heavy (non-hydrogen) atoms. The minimum absolute atomic E-state index is 0.487. The number of alkyl halides is 1. The zero-order valence-electron chi connectivity index (χ0n) is 12.2. The second kappa shape index (κ2) is 15.2. The first kappa shape index (κ1) is 18.1. The van der Waals surface area contributed by atoms with E-state index in [1.54, 1.807) is 0 Å². The number of hydrogen-bond donors (Lipinski definition) is 0. The Morgan fingerprint density at radius 3 is 1.67 bits per heavy atom. The molecule has 0 aromatic heterocycles. The molecule has 0 aliphatic rings. The molecule has 0 saturated heterocycles. The summed E-state index contributed by atoms with van der Waals surface area (Å²) in [7, 11) is 0. The highest BCUT2D eigenvalue weighted by Gasteiger charge is 2.01. The topological polar surface area (TPSA) is 17.1 Å². The Kier molecular flexibility index (Phi) is 15.3. The van der Waals surface area contributed by atoms with E-state index in [1.165, 1.54) is 57.8 Å². The summed E-state index contributed by atoms with van der Waals surface area (Å²) in [5, 5.41) is 1.15. The van der Waals surface area contributed by atoms with Crippen LogP contribution in [0.4, 0.5) is 0 Å². The standard InChI is InChI=1S/C16H31BrO/c1-2-3-10-13-16(18)14-11-8-6-4-5-7-9-12-15-17/h2-15H2,1H3. The molecule has 0 rings (SSSR count). The van der Waals surface area contributed by atoms with Crippen molar-refractivity contribution in [1.82, 2.24) is 0 Å². The molecule has 1 nitrogen and oxygen atoms in total. The molecule has 0 N–H and O–H groups in total. The summed E-state index contributed by atoms with van der Waals surface area (Å²) < 4.78 is 0. The molecule has 0 heterocycles. The third-order valence-electron chi connectivity index (χ3n) is 3.40. The highest BCUT2D eigenvalue weighted by Crippen LogP contribution is 2.11. The summed E-state index contributed by atoms with van der Waals surface area (Å²) in [5.41, 5.74) is 0. The van der Waals surface area contributed by atoms with E-state index in [0.29, 0.717) is 5.78 Å². The van der Waals surface area contributed by atoms with Gasteiger partial charge in [-0.15, -0.1) is 0 Å². The van der Waals surface area contributed by atoms with E-state index in [-0.39, 0.29) is 0 Å². The van der Waals surface area contributed by atoms with Gasteiger partial charge in [-0.2, -0.15) is 0 Å². The molecule has 0 aromatic rings. The van der Waals surface area contributed by atoms with Crippen molar-refractivity contribution in [2.45, 2.75) is 90.4 Å². The number of carbonyl (C=O) groups is 1. The highest BCUT2D eigenvalue weighted by molar-refractivity contribution is 9.09. The lowest BCUT2D eigenvalue weighted by molar-refractivity contribution is -0.119. The first-order valence-electron chi connectivity index (χ1n) is 7.89. The minimum atomic E-state index is 0.487. The molecule has 0 spiro atoms. The number of hydrogen-bond acceptors (Lipinski definition) is 1. The van der Waals surface area contributed by atoms with E-state index in [4.69, 9.17) is 0 Å². The van der Waals surface area contributed by atoms with Gasteiger partial charge in [-0.3, -0.25) is 4.79 Å². The predicted octanol–water partition coefficient (Wildman–Crippen LogP) is 6.04. The van der Waals surface area contributed by atoms with Crippen molar-refractivity contribution in [3.8, 4) is 0 Å². The number of carbonyl (C=O) groups excluding carboxylic acids is 1. The summed E-state index contributed by atoms with van der Waals surface area (Å²) in [4.78, 5) is 11.5. The summed E-state index contributed by atoms with van der Waals surface area (Å²) in [6.07, 6.45) is 15.6. The maximum absolute atomic E-state index is 11.5. The van der Waals surface area contributed by atoms with Crippen molar-refractivity contribution in [2.24, 2.45) is 0 Å². The summed E-state index contributed by atoms with van der Waals surface area (Å²) in [5.74, 6) is 0.487. The average Bonchev–Trinajstić information content (AvgIpc) is 2.37. The van der Waals surface area contributed by atoms with Gasteiger partial charge in [-0.05, 0) is 19.3 Å². The van der Waals surface area contributed by atoms with Gasteiger partial charge >= 0.3 is 0 Å². The highest BCUT2D eigenvalue weighted by atomic mass is 79.9. The number of unbranched alkanes of at least 4 members (excludes halogenated alkanes) is 9. The number of ketones is 1. The fraction of sp³-hybridized carbons (Fsp3) is 0.938. The minimum Gasteiger partial charge on any atom is -0.300 e. The Morgan fingerprint density at radius 2 is 1.17 bits per heavy atom. The predicted molar refractivity (Wildman–Crippen MR) is 84.5 cm³/mol. The Morgan fingerprint density at radius 1 is 0.722 bits per heavy atom. The van der Waals surface area contributed by atoms with Gasteiger partial charge in [-0.25, -0.2) is 0 Å². The van der Waals surface area contributed by atoms with Crippen molar-refractivity contribution >= 4 is 21.7 Å². The normalized spacial score (nSPS) is 10.8. The van der Waals surface area contributed by atoms with Gasteiger partial charge in [0.1, 0.15) is 5.78 Å². The zero-order chi connectivity index (χ0) is 13.5. The van der Waals surface area contributed by atoms with Crippen molar-refractivity contribution in [3.05, 3.63) is 0 Å². The molecular weight excluding hydrogens is 288 g/mol. The molecule has 0 amide bonds. The molecule has 2 heteroatoms. The number of Topliss-reactive ketones (excluding diaryl/α,β-unsaturated/α-hetero) is 1. The molecule has 0 radical (unpaired) electrons. The first-order valence-corrected chi connectivity index (χ1v) is 9.01. The second-order valence-corrected chi connectivity index (χ2v) is 6.06. The van der Waals surface area contributed by atoms with Crippen molar-refractivity contribution in [2.75, 3.05) is 5.33 Å². The van der Waals surface area contributed by atoms with Crippen LogP contribution in [-0.2, 0) is 4.79 Å². The van der Waals surface area contributed by atoms with E-state index in [1.807, 2.05) is 0 Å². The Balaban J connectivity index is 3.08. The lowest BCUT2D eigenvalue weighted by Crippen LogP contribution is -1.97. The van der Waals surface area contributed by atoms with Crippen LogP contribution in [0.3, 0.4) is 0 Å². The van der Waals surface area contributed by atoms with Crippen LogP contribution < -0.4 is 0 Å². The third-order valence-corrected chi connectivity index (χ3v) is 3.96. The maximum Gasteiger partial charge on any atom is 0.132 e. The van der Waals surface area contributed by atoms with Crippen molar-refractivity contribution in [3.63, 3.8) is 0 Å². The zero-order valence-corrected chi connectivity index (χ0v) is 13.8. The molecular formula is C16H31BrO. The van der Waals surface area contributed by atoms with E-state index in [9.17, 15) is 4.79 Å². The van der Waals surface area contributed by atoms with Crippen LogP contribution >= 0.6 is 15.9 Å². The lowest BCUT2D eigenvalue weighted by atomic mass is 10.0. The molecule has 0 aromatic carbocycles. The van der Waals surface area contributed by atoms with E-state index < -0.39 is 0 Å². The van der Waals surface area contributed by atoms with E-state index in [2.05, 4.69) is 22.9 Å². The summed E-state index contributed by atoms with van der Waals surface area (Å²) >= 11 is 3.46. The van der Waals surface area contributed by atoms with E-state index in [0.717, 1.165) is 31.0 Å².